The van der Waals surface area contributed by atoms with Gasteiger partial charge in [0, 0.05) is 51.7 Å². The molecular formula is C15H24N4S. The monoisotopic (exact) mass is 292 g/mol. The molecule has 1 aliphatic rings. The van der Waals surface area contributed by atoms with Crippen molar-refractivity contribution in [3.05, 3.63) is 30.1 Å². The van der Waals surface area contributed by atoms with Gasteiger partial charge >= 0.3 is 0 Å². The molecule has 0 radical (unpaired) electrons. The van der Waals surface area contributed by atoms with Crippen LogP contribution in [-0.4, -0.2) is 52.6 Å². The lowest BCUT2D eigenvalue weighted by Gasteiger charge is -2.36. The number of nitrogens with zero attached hydrogens (tertiary/aromatic N) is 3. The number of hydrogen-bond acceptors (Lipinski definition) is 3. The van der Waals surface area contributed by atoms with Crippen molar-refractivity contribution in [2.24, 2.45) is 0 Å². The molecule has 0 spiro atoms. The third-order valence-corrected chi connectivity index (χ3v) is 4.00. The molecule has 0 aromatic carbocycles. The minimum absolute atomic E-state index is 0.916. The van der Waals surface area contributed by atoms with Crippen molar-refractivity contribution in [1.29, 1.82) is 0 Å². The lowest BCUT2D eigenvalue weighted by atomic mass is 10.2. The van der Waals surface area contributed by atoms with E-state index in [1.54, 1.807) is 0 Å². The minimum atomic E-state index is 0.916. The average molecular weight is 292 g/mol. The summed E-state index contributed by atoms with van der Waals surface area (Å²) in [6, 6.07) is 4.13. The van der Waals surface area contributed by atoms with Crippen LogP contribution >= 0.6 is 12.2 Å². The summed E-state index contributed by atoms with van der Waals surface area (Å²) in [5, 5.41) is 4.26. The van der Waals surface area contributed by atoms with Crippen LogP contribution in [0.1, 0.15) is 25.3 Å². The highest BCUT2D eigenvalue weighted by atomic mass is 32.1. The predicted octanol–water partition coefficient (Wildman–Crippen LogP) is 1.87. The molecule has 1 saturated heterocycles. The van der Waals surface area contributed by atoms with Gasteiger partial charge in [-0.05, 0) is 30.3 Å². The number of hydrogen-bond donors (Lipinski definition) is 1. The van der Waals surface area contributed by atoms with Crippen LogP contribution in [0.15, 0.2) is 24.5 Å². The van der Waals surface area contributed by atoms with Gasteiger partial charge in [0.15, 0.2) is 5.11 Å². The number of rotatable bonds is 5. The van der Waals surface area contributed by atoms with Crippen LogP contribution in [0.3, 0.4) is 0 Å². The highest BCUT2D eigenvalue weighted by molar-refractivity contribution is 7.80. The normalized spacial score (nSPS) is 16.1. The van der Waals surface area contributed by atoms with Crippen LogP contribution in [0.25, 0.3) is 0 Å². The Bertz CT molecular complexity index is 402. The summed E-state index contributed by atoms with van der Waals surface area (Å²) in [6.45, 7) is 8.32. The first kappa shape index (κ1) is 15.2. The zero-order chi connectivity index (χ0) is 14.2. The van der Waals surface area contributed by atoms with Gasteiger partial charge in [-0.25, -0.2) is 0 Å². The standard InChI is InChI=1S/C15H24N4S/c1-2-3-7-17-15(20)19-10-8-18(9-11-19)13-14-5-4-6-16-12-14/h4-6,12H,2-3,7-11,13H2,1H3,(H,17,20). The zero-order valence-corrected chi connectivity index (χ0v) is 13.0. The maximum Gasteiger partial charge on any atom is 0.169 e. The van der Waals surface area contributed by atoms with Gasteiger partial charge in [-0.2, -0.15) is 0 Å². The van der Waals surface area contributed by atoms with Crippen LogP contribution in [0.2, 0.25) is 0 Å². The third kappa shape index (κ3) is 4.72. The fourth-order valence-electron chi connectivity index (χ4n) is 2.34. The molecule has 0 amide bonds. The highest BCUT2D eigenvalue weighted by Gasteiger charge is 2.18. The van der Waals surface area contributed by atoms with Crippen molar-refractivity contribution in [3.8, 4) is 0 Å². The molecule has 20 heavy (non-hydrogen) atoms. The molecule has 1 aliphatic heterocycles. The van der Waals surface area contributed by atoms with E-state index < -0.39 is 0 Å². The molecule has 1 fully saturated rings. The quantitative estimate of drug-likeness (QED) is 0.661. The molecule has 5 heteroatoms. The van der Waals surface area contributed by atoms with E-state index in [0.29, 0.717) is 0 Å². The maximum atomic E-state index is 5.44. The van der Waals surface area contributed by atoms with Crippen LogP contribution < -0.4 is 5.32 Å². The second-order valence-corrected chi connectivity index (χ2v) is 5.60. The molecule has 0 aliphatic carbocycles. The van der Waals surface area contributed by atoms with Crippen molar-refractivity contribution in [3.63, 3.8) is 0 Å². The summed E-state index contributed by atoms with van der Waals surface area (Å²) in [5.41, 5.74) is 1.28. The van der Waals surface area contributed by atoms with Gasteiger partial charge < -0.3 is 10.2 Å². The van der Waals surface area contributed by atoms with Crippen LogP contribution in [0.4, 0.5) is 0 Å². The Morgan fingerprint density at radius 2 is 2.15 bits per heavy atom. The Morgan fingerprint density at radius 1 is 1.35 bits per heavy atom. The SMILES string of the molecule is CCCCNC(=S)N1CCN(Cc2cccnc2)CC1. The maximum absolute atomic E-state index is 5.44. The number of nitrogens with one attached hydrogen (secondary N) is 1. The number of aromatic nitrogens is 1. The fourth-order valence-corrected chi connectivity index (χ4v) is 2.63. The first-order chi connectivity index (χ1) is 9.79. The number of unbranched alkanes of at least 4 members (excludes halogenated alkanes) is 1. The van der Waals surface area contributed by atoms with Crippen LogP contribution in [0, 0.1) is 0 Å². The molecule has 0 unspecified atom stereocenters. The summed E-state index contributed by atoms with van der Waals surface area (Å²) >= 11 is 5.44. The smallest absolute Gasteiger partial charge is 0.169 e. The van der Waals surface area contributed by atoms with Crippen molar-refractivity contribution in [2.45, 2.75) is 26.3 Å². The Labute approximate surface area is 127 Å². The molecule has 110 valence electrons. The summed E-state index contributed by atoms with van der Waals surface area (Å²) in [6.07, 6.45) is 6.15. The predicted molar refractivity (Wildman–Crippen MR) is 86.6 cm³/mol. The molecular weight excluding hydrogens is 268 g/mol. The second kappa shape index (κ2) is 8.17. The molecule has 0 bridgehead atoms. The number of thiocarbonyl (C=S) groups is 1. The minimum Gasteiger partial charge on any atom is -0.363 e. The summed E-state index contributed by atoms with van der Waals surface area (Å²) in [4.78, 5) is 8.91. The summed E-state index contributed by atoms with van der Waals surface area (Å²) in [5.74, 6) is 0. The topological polar surface area (TPSA) is 31.4 Å². The molecule has 1 aromatic heterocycles. The van der Waals surface area contributed by atoms with Crippen molar-refractivity contribution >= 4 is 17.3 Å². The zero-order valence-electron chi connectivity index (χ0n) is 12.2. The molecule has 0 saturated carbocycles. The van der Waals surface area contributed by atoms with Gasteiger partial charge in [-0.1, -0.05) is 19.4 Å². The lowest BCUT2D eigenvalue weighted by Crippen LogP contribution is -2.51. The van der Waals surface area contributed by atoms with Crippen molar-refractivity contribution in [1.82, 2.24) is 20.1 Å². The molecule has 0 atom stereocenters. The van der Waals surface area contributed by atoms with Gasteiger partial charge in [-0.3, -0.25) is 9.88 Å². The largest absolute Gasteiger partial charge is 0.363 e. The number of piperazine rings is 1. The van der Waals surface area contributed by atoms with Gasteiger partial charge in [0.2, 0.25) is 0 Å². The Morgan fingerprint density at radius 3 is 2.80 bits per heavy atom. The Balaban J connectivity index is 1.71. The fraction of sp³-hybridized carbons (Fsp3) is 0.600. The average Bonchev–Trinajstić information content (AvgIpc) is 2.49. The van der Waals surface area contributed by atoms with E-state index in [1.807, 2.05) is 18.5 Å². The third-order valence-electron chi connectivity index (χ3n) is 3.60. The van der Waals surface area contributed by atoms with Crippen LogP contribution in [-0.2, 0) is 6.54 Å². The van der Waals surface area contributed by atoms with E-state index in [4.69, 9.17) is 12.2 Å². The first-order valence-electron chi connectivity index (χ1n) is 7.43. The van der Waals surface area contributed by atoms with E-state index in [-0.39, 0.29) is 0 Å². The summed E-state index contributed by atoms with van der Waals surface area (Å²) in [7, 11) is 0. The highest BCUT2D eigenvalue weighted by Crippen LogP contribution is 2.07. The molecule has 4 nitrogen and oxygen atoms in total. The molecule has 2 heterocycles. The first-order valence-corrected chi connectivity index (χ1v) is 7.84. The van der Waals surface area contributed by atoms with E-state index >= 15 is 0 Å². The lowest BCUT2D eigenvalue weighted by molar-refractivity contribution is 0.174. The molecule has 2 rings (SSSR count). The van der Waals surface area contributed by atoms with E-state index in [9.17, 15) is 0 Å². The summed E-state index contributed by atoms with van der Waals surface area (Å²) < 4.78 is 0. The Hall–Kier alpha value is -1.20. The Kier molecular flexibility index (Phi) is 6.21. The van der Waals surface area contributed by atoms with E-state index in [1.165, 1.54) is 18.4 Å². The number of pyridine rings is 1. The van der Waals surface area contributed by atoms with Gasteiger partial charge in [0.05, 0.1) is 0 Å². The van der Waals surface area contributed by atoms with Gasteiger partial charge in [0.25, 0.3) is 0 Å². The van der Waals surface area contributed by atoms with Crippen LogP contribution in [0.5, 0.6) is 0 Å². The van der Waals surface area contributed by atoms with Crippen molar-refractivity contribution in [2.75, 3.05) is 32.7 Å². The van der Waals surface area contributed by atoms with E-state index in [2.05, 4.69) is 33.1 Å². The molecule has 1 N–H and O–H groups in total. The van der Waals surface area contributed by atoms with E-state index in [0.717, 1.165) is 44.4 Å². The van der Waals surface area contributed by atoms with Gasteiger partial charge in [-0.15, -0.1) is 0 Å². The van der Waals surface area contributed by atoms with Gasteiger partial charge in [0.1, 0.15) is 0 Å². The second-order valence-electron chi connectivity index (χ2n) is 5.21. The molecule has 1 aromatic rings. The van der Waals surface area contributed by atoms with Crippen molar-refractivity contribution < 1.29 is 0 Å².